The molecule has 1 aliphatic heterocycles. The fraction of sp³-hybridized carbons (Fsp3) is 0.842. The Morgan fingerprint density at radius 2 is 1.73 bits per heavy atom. The van der Waals surface area contributed by atoms with E-state index in [2.05, 4.69) is 29.0 Å². The van der Waals surface area contributed by atoms with Crippen molar-refractivity contribution in [3.05, 3.63) is 12.2 Å². The van der Waals surface area contributed by atoms with E-state index in [0.717, 1.165) is 13.0 Å². The van der Waals surface area contributed by atoms with Crippen LogP contribution < -0.4 is 0 Å². The van der Waals surface area contributed by atoms with Crippen LogP contribution in [0.4, 0.5) is 0 Å². The van der Waals surface area contributed by atoms with E-state index in [-0.39, 0.29) is 12.4 Å². The van der Waals surface area contributed by atoms with Gasteiger partial charge in [0, 0.05) is 12.8 Å². The summed E-state index contributed by atoms with van der Waals surface area (Å²) in [5, 5.41) is 9.65. The zero-order valence-corrected chi connectivity index (χ0v) is 14.7. The zero-order valence-electron chi connectivity index (χ0n) is 14.7. The molecular weight excluding hydrogens is 272 g/mol. The van der Waals surface area contributed by atoms with E-state index in [1.54, 1.807) is 0 Å². The highest BCUT2D eigenvalue weighted by Gasteiger charge is 2.23. The molecule has 3 heteroatoms. The summed E-state index contributed by atoms with van der Waals surface area (Å²) in [5.74, 6) is 0. The number of unbranched alkanes of at least 4 members (excludes halogenated alkanes) is 8. The van der Waals surface area contributed by atoms with Gasteiger partial charge in [-0.05, 0) is 45.4 Å². The molecule has 2 atom stereocenters. The molecule has 0 saturated heterocycles. The zero-order chi connectivity index (χ0) is 16.0. The molecule has 0 aromatic rings. The van der Waals surface area contributed by atoms with Gasteiger partial charge in [-0.3, -0.25) is 9.89 Å². The highest BCUT2D eigenvalue weighted by atomic mass is 16.3. The molecule has 0 radical (unpaired) electrons. The first-order chi connectivity index (χ1) is 10.8. The summed E-state index contributed by atoms with van der Waals surface area (Å²) in [6.07, 6.45) is 20.6. The highest BCUT2D eigenvalue weighted by molar-refractivity contribution is 5.62. The number of nitrogens with zero attached hydrogens (tertiary/aromatic N) is 2. The molecule has 1 aliphatic rings. The number of hydrogen-bond donors (Lipinski definition) is 1. The predicted molar refractivity (Wildman–Crippen MR) is 96.3 cm³/mol. The van der Waals surface area contributed by atoms with Gasteiger partial charge in [-0.25, -0.2) is 0 Å². The summed E-state index contributed by atoms with van der Waals surface area (Å²) >= 11 is 0. The Hall–Kier alpha value is -0.670. The molecule has 0 spiro atoms. The van der Waals surface area contributed by atoms with Gasteiger partial charge in [-0.15, -0.1) is 0 Å². The van der Waals surface area contributed by atoms with Crippen molar-refractivity contribution in [1.29, 1.82) is 0 Å². The Labute approximate surface area is 137 Å². The predicted octanol–water partition coefficient (Wildman–Crippen LogP) is 4.90. The summed E-state index contributed by atoms with van der Waals surface area (Å²) in [7, 11) is 0. The van der Waals surface area contributed by atoms with Gasteiger partial charge in [0.2, 0.25) is 0 Å². The summed E-state index contributed by atoms with van der Waals surface area (Å²) in [6.45, 7) is 4.88. The van der Waals surface area contributed by atoms with E-state index in [9.17, 15) is 5.11 Å². The van der Waals surface area contributed by atoms with Gasteiger partial charge in [0.25, 0.3) is 0 Å². The Kier molecular flexibility index (Phi) is 11.3. The number of aliphatic hydroxyl groups is 1. The van der Waals surface area contributed by atoms with Crippen molar-refractivity contribution >= 4 is 6.21 Å². The SMILES string of the molecule is CCCCC/C=C/CCCCCCCC1N=CCN1C(C)O. The molecule has 1 N–H and O–H groups in total. The van der Waals surface area contributed by atoms with Crippen LogP contribution in [0, 0.1) is 0 Å². The summed E-state index contributed by atoms with van der Waals surface area (Å²) in [4.78, 5) is 6.52. The van der Waals surface area contributed by atoms with Crippen LogP contribution in [-0.4, -0.2) is 35.2 Å². The van der Waals surface area contributed by atoms with E-state index in [1.165, 1.54) is 64.2 Å². The van der Waals surface area contributed by atoms with Gasteiger partial charge in [-0.1, -0.05) is 51.2 Å². The van der Waals surface area contributed by atoms with Crippen molar-refractivity contribution in [2.24, 2.45) is 4.99 Å². The monoisotopic (exact) mass is 308 g/mol. The number of aliphatic hydroxyl groups excluding tert-OH is 1. The smallest absolute Gasteiger partial charge is 0.106 e. The molecular formula is C19H36N2O. The van der Waals surface area contributed by atoms with E-state index in [1.807, 2.05) is 13.1 Å². The van der Waals surface area contributed by atoms with Crippen LogP contribution in [0.25, 0.3) is 0 Å². The average molecular weight is 309 g/mol. The number of hydrogen-bond acceptors (Lipinski definition) is 3. The maximum Gasteiger partial charge on any atom is 0.106 e. The molecule has 0 amide bonds. The molecule has 128 valence electrons. The Morgan fingerprint density at radius 1 is 1.09 bits per heavy atom. The fourth-order valence-corrected chi connectivity index (χ4v) is 2.98. The quantitative estimate of drug-likeness (QED) is 0.388. The van der Waals surface area contributed by atoms with Gasteiger partial charge in [0.05, 0.1) is 0 Å². The summed E-state index contributed by atoms with van der Waals surface area (Å²) in [6, 6.07) is 0. The molecule has 1 heterocycles. The second kappa shape index (κ2) is 12.8. The van der Waals surface area contributed by atoms with Crippen molar-refractivity contribution in [2.75, 3.05) is 6.54 Å². The molecule has 3 nitrogen and oxygen atoms in total. The molecule has 0 saturated carbocycles. The lowest BCUT2D eigenvalue weighted by Crippen LogP contribution is -2.37. The summed E-state index contributed by atoms with van der Waals surface area (Å²) in [5.41, 5.74) is 0. The van der Waals surface area contributed by atoms with Gasteiger partial charge in [0.15, 0.2) is 0 Å². The van der Waals surface area contributed by atoms with E-state index < -0.39 is 0 Å². The van der Waals surface area contributed by atoms with Crippen molar-refractivity contribution in [3.63, 3.8) is 0 Å². The van der Waals surface area contributed by atoms with Crippen LogP contribution in [0.2, 0.25) is 0 Å². The molecule has 2 unspecified atom stereocenters. The molecule has 0 fully saturated rings. The van der Waals surface area contributed by atoms with Crippen LogP contribution in [0.15, 0.2) is 17.1 Å². The van der Waals surface area contributed by atoms with Crippen molar-refractivity contribution in [1.82, 2.24) is 4.90 Å². The topological polar surface area (TPSA) is 35.8 Å². The Bertz CT molecular complexity index is 313. The molecule has 0 aliphatic carbocycles. The van der Waals surface area contributed by atoms with Gasteiger partial charge in [-0.2, -0.15) is 0 Å². The Balaban J connectivity index is 1.88. The average Bonchev–Trinajstić information content (AvgIpc) is 2.97. The van der Waals surface area contributed by atoms with Crippen molar-refractivity contribution < 1.29 is 5.11 Å². The molecule has 22 heavy (non-hydrogen) atoms. The third-order valence-electron chi connectivity index (χ3n) is 4.41. The first kappa shape index (κ1) is 19.4. The van der Waals surface area contributed by atoms with Gasteiger partial charge >= 0.3 is 0 Å². The van der Waals surface area contributed by atoms with Crippen LogP contribution >= 0.6 is 0 Å². The highest BCUT2D eigenvalue weighted by Crippen LogP contribution is 2.17. The summed E-state index contributed by atoms with van der Waals surface area (Å²) < 4.78 is 0. The first-order valence-corrected chi connectivity index (χ1v) is 9.36. The van der Waals surface area contributed by atoms with Gasteiger partial charge in [0.1, 0.15) is 12.4 Å². The van der Waals surface area contributed by atoms with Crippen molar-refractivity contribution in [3.8, 4) is 0 Å². The Morgan fingerprint density at radius 3 is 2.41 bits per heavy atom. The second-order valence-electron chi connectivity index (χ2n) is 6.45. The van der Waals surface area contributed by atoms with Gasteiger partial charge < -0.3 is 5.11 Å². The number of allylic oxidation sites excluding steroid dienone is 2. The minimum absolute atomic E-state index is 0.214. The van der Waals surface area contributed by atoms with E-state index >= 15 is 0 Å². The van der Waals surface area contributed by atoms with Crippen LogP contribution in [0.3, 0.4) is 0 Å². The number of rotatable bonds is 13. The molecule has 1 rings (SSSR count). The third kappa shape index (κ3) is 8.70. The fourth-order valence-electron chi connectivity index (χ4n) is 2.98. The normalized spacial score (nSPS) is 20.2. The maximum absolute atomic E-state index is 9.65. The third-order valence-corrected chi connectivity index (χ3v) is 4.41. The first-order valence-electron chi connectivity index (χ1n) is 9.36. The standard InChI is InChI=1S/C19H36N2O/c1-3-4-5-6-7-8-9-10-11-12-13-14-15-19-20-16-17-21(19)18(2)22/h7-8,16,18-19,22H,3-6,9-15,17H2,1-2H3/b8-7+. The molecule has 0 aromatic carbocycles. The lowest BCUT2D eigenvalue weighted by Gasteiger charge is -2.25. The van der Waals surface area contributed by atoms with E-state index in [0.29, 0.717) is 0 Å². The van der Waals surface area contributed by atoms with Crippen LogP contribution in [-0.2, 0) is 0 Å². The largest absolute Gasteiger partial charge is 0.379 e. The number of aliphatic imine (C=N–C) groups is 1. The lowest BCUT2D eigenvalue weighted by molar-refractivity contribution is 0.00710. The molecule has 0 bridgehead atoms. The van der Waals surface area contributed by atoms with Crippen molar-refractivity contribution in [2.45, 2.75) is 96.9 Å². The molecule has 0 aromatic heterocycles. The minimum atomic E-state index is -0.378. The van der Waals surface area contributed by atoms with Crippen LogP contribution in [0.1, 0.15) is 84.5 Å². The van der Waals surface area contributed by atoms with Crippen LogP contribution in [0.5, 0.6) is 0 Å². The maximum atomic E-state index is 9.65. The van der Waals surface area contributed by atoms with E-state index in [4.69, 9.17) is 0 Å². The minimum Gasteiger partial charge on any atom is -0.379 e. The second-order valence-corrected chi connectivity index (χ2v) is 6.45. The lowest BCUT2D eigenvalue weighted by atomic mass is 10.1.